The van der Waals surface area contributed by atoms with Gasteiger partial charge in [0.2, 0.25) is 0 Å². The molecule has 2 nitrogen and oxygen atoms in total. The van der Waals surface area contributed by atoms with E-state index >= 15 is 0 Å². The second-order valence-electron chi connectivity index (χ2n) is 3.39. The van der Waals surface area contributed by atoms with Crippen molar-refractivity contribution in [3.05, 3.63) is 45.9 Å². The van der Waals surface area contributed by atoms with E-state index < -0.39 is 6.04 Å². The third kappa shape index (κ3) is 2.21. The van der Waals surface area contributed by atoms with Crippen LogP contribution in [0.3, 0.4) is 0 Å². The first kappa shape index (κ1) is 10.6. The molecule has 15 heavy (non-hydrogen) atoms. The second kappa shape index (κ2) is 4.33. The molecule has 0 saturated carbocycles. The first-order valence-electron chi connectivity index (χ1n) is 4.72. The Hall–Kier alpha value is -0.870. The molecule has 2 rings (SSSR count). The van der Waals surface area contributed by atoms with Gasteiger partial charge >= 0.3 is 0 Å². The van der Waals surface area contributed by atoms with E-state index in [1.807, 2.05) is 6.08 Å². The summed E-state index contributed by atoms with van der Waals surface area (Å²) in [6, 6.07) is 4.35. The van der Waals surface area contributed by atoms with E-state index in [2.05, 4.69) is 15.9 Å². The van der Waals surface area contributed by atoms with Crippen molar-refractivity contribution in [2.75, 3.05) is 6.61 Å². The van der Waals surface area contributed by atoms with E-state index in [0.717, 1.165) is 6.42 Å². The highest BCUT2D eigenvalue weighted by Crippen LogP contribution is 2.27. The first-order chi connectivity index (χ1) is 7.18. The maximum Gasteiger partial charge on any atom is 0.129 e. The molecule has 80 valence electrons. The number of halogens is 2. The normalized spacial score (nSPS) is 17.1. The van der Waals surface area contributed by atoms with Gasteiger partial charge in [-0.1, -0.05) is 22.0 Å². The highest BCUT2D eigenvalue weighted by molar-refractivity contribution is 9.10. The van der Waals surface area contributed by atoms with Crippen molar-refractivity contribution >= 4 is 15.9 Å². The maximum atomic E-state index is 13.6. The van der Waals surface area contributed by atoms with Crippen molar-refractivity contribution in [2.24, 2.45) is 5.73 Å². The quantitative estimate of drug-likeness (QED) is 0.898. The van der Waals surface area contributed by atoms with E-state index in [-0.39, 0.29) is 5.82 Å². The molecule has 1 aliphatic rings. The lowest BCUT2D eigenvalue weighted by atomic mass is 10.1. The minimum absolute atomic E-state index is 0.312. The van der Waals surface area contributed by atoms with E-state index in [1.54, 1.807) is 12.1 Å². The number of benzene rings is 1. The van der Waals surface area contributed by atoms with Crippen LogP contribution in [-0.4, -0.2) is 6.61 Å². The van der Waals surface area contributed by atoms with Crippen LogP contribution in [0.5, 0.6) is 0 Å². The van der Waals surface area contributed by atoms with Gasteiger partial charge in [0.15, 0.2) is 0 Å². The molecule has 0 amide bonds. The predicted octanol–water partition coefficient (Wildman–Crippen LogP) is 2.89. The van der Waals surface area contributed by atoms with Crippen molar-refractivity contribution in [2.45, 2.75) is 12.5 Å². The number of ether oxygens (including phenoxy) is 1. The summed E-state index contributed by atoms with van der Waals surface area (Å²) in [5.41, 5.74) is 6.37. The molecule has 1 unspecified atom stereocenters. The standard InChI is InChI=1S/C11H11BrFNO/c12-7-3-4-8(9(13)6-7)11(14)10-2-1-5-15-10/h2-4,6,11H,1,5,14H2. The molecule has 1 atom stereocenters. The largest absolute Gasteiger partial charge is 0.496 e. The van der Waals surface area contributed by atoms with Gasteiger partial charge in [0.1, 0.15) is 11.6 Å². The zero-order valence-corrected chi connectivity index (χ0v) is 9.63. The van der Waals surface area contributed by atoms with E-state index in [1.165, 1.54) is 6.07 Å². The Kier molecular flexibility index (Phi) is 3.07. The minimum Gasteiger partial charge on any atom is -0.496 e. The average molecular weight is 272 g/mol. The van der Waals surface area contributed by atoms with Gasteiger partial charge in [0.25, 0.3) is 0 Å². The van der Waals surface area contributed by atoms with Crippen LogP contribution in [0.25, 0.3) is 0 Å². The predicted molar refractivity (Wildman–Crippen MR) is 59.7 cm³/mol. The Bertz CT molecular complexity index is 406. The van der Waals surface area contributed by atoms with E-state index in [9.17, 15) is 4.39 Å². The van der Waals surface area contributed by atoms with Crippen LogP contribution in [0.4, 0.5) is 4.39 Å². The van der Waals surface area contributed by atoms with Crippen LogP contribution in [0.1, 0.15) is 18.0 Å². The van der Waals surface area contributed by atoms with Crippen molar-refractivity contribution in [3.63, 3.8) is 0 Å². The van der Waals surface area contributed by atoms with E-state index in [0.29, 0.717) is 22.4 Å². The average Bonchev–Trinajstić information content (AvgIpc) is 2.69. The molecule has 0 spiro atoms. The Balaban J connectivity index is 2.28. The highest BCUT2D eigenvalue weighted by atomic mass is 79.9. The van der Waals surface area contributed by atoms with Gasteiger partial charge in [0.05, 0.1) is 12.6 Å². The molecule has 1 aromatic carbocycles. The van der Waals surface area contributed by atoms with Gasteiger partial charge in [-0.05, 0) is 18.2 Å². The Morgan fingerprint density at radius 1 is 1.47 bits per heavy atom. The topological polar surface area (TPSA) is 35.2 Å². The molecular formula is C11H11BrFNO. The lowest BCUT2D eigenvalue weighted by molar-refractivity contribution is 0.224. The summed E-state index contributed by atoms with van der Waals surface area (Å²) in [6.45, 7) is 0.640. The summed E-state index contributed by atoms with van der Waals surface area (Å²) in [4.78, 5) is 0. The molecule has 0 radical (unpaired) electrons. The fourth-order valence-electron chi connectivity index (χ4n) is 1.56. The zero-order valence-electron chi connectivity index (χ0n) is 8.04. The van der Waals surface area contributed by atoms with Gasteiger partial charge in [-0.2, -0.15) is 0 Å². The maximum absolute atomic E-state index is 13.6. The van der Waals surface area contributed by atoms with E-state index in [4.69, 9.17) is 10.5 Å². The van der Waals surface area contributed by atoms with Gasteiger partial charge in [-0.25, -0.2) is 4.39 Å². The molecule has 2 N–H and O–H groups in total. The van der Waals surface area contributed by atoms with Gasteiger partial charge < -0.3 is 10.5 Å². The van der Waals surface area contributed by atoms with Crippen molar-refractivity contribution < 1.29 is 9.13 Å². The summed E-state index contributed by atoms with van der Waals surface area (Å²) < 4.78 is 19.6. The molecule has 0 aromatic heterocycles. The number of hydrogen-bond donors (Lipinski definition) is 1. The molecule has 1 heterocycles. The fourth-order valence-corrected chi connectivity index (χ4v) is 1.89. The lowest BCUT2D eigenvalue weighted by Crippen LogP contribution is -2.15. The Morgan fingerprint density at radius 3 is 2.87 bits per heavy atom. The summed E-state index contributed by atoms with van der Waals surface area (Å²) in [5.74, 6) is 0.351. The fraction of sp³-hybridized carbons (Fsp3) is 0.273. The van der Waals surface area contributed by atoms with Gasteiger partial charge in [0, 0.05) is 16.5 Å². The van der Waals surface area contributed by atoms with Gasteiger partial charge in [-0.15, -0.1) is 0 Å². The van der Waals surface area contributed by atoms with Crippen LogP contribution in [0.15, 0.2) is 34.5 Å². The van der Waals surface area contributed by atoms with Crippen LogP contribution in [0.2, 0.25) is 0 Å². The SMILES string of the molecule is NC(C1=CCCO1)c1ccc(Br)cc1F. The van der Waals surface area contributed by atoms with Crippen LogP contribution in [0, 0.1) is 5.82 Å². The monoisotopic (exact) mass is 271 g/mol. The molecule has 0 bridgehead atoms. The number of rotatable bonds is 2. The Labute approximate surface area is 96.0 Å². The van der Waals surface area contributed by atoms with Crippen LogP contribution < -0.4 is 5.73 Å². The van der Waals surface area contributed by atoms with Crippen LogP contribution >= 0.6 is 15.9 Å². The molecule has 0 fully saturated rings. The minimum atomic E-state index is -0.499. The molecule has 1 aliphatic heterocycles. The molecule has 4 heteroatoms. The first-order valence-corrected chi connectivity index (χ1v) is 5.51. The smallest absolute Gasteiger partial charge is 0.129 e. The summed E-state index contributed by atoms with van der Waals surface area (Å²) in [7, 11) is 0. The third-order valence-electron chi connectivity index (χ3n) is 2.34. The van der Waals surface area contributed by atoms with Crippen molar-refractivity contribution in [1.29, 1.82) is 0 Å². The Morgan fingerprint density at radius 2 is 2.27 bits per heavy atom. The molecule has 0 aliphatic carbocycles. The number of hydrogen-bond acceptors (Lipinski definition) is 2. The zero-order chi connectivity index (χ0) is 10.8. The highest BCUT2D eigenvalue weighted by Gasteiger charge is 2.19. The van der Waals surface area contributed by atoms with Crippen molar-refractivity contribution in [3.8, 4) is 0 Å². The summed E-state index contributed by atoms with van der Waals surface area (Å²) >= 11 is 3.20. The summed E-state index contributed by atoms with van der Waals surface area (Å²) in [5, 5.41) is 0. The van der Waals surface area contributed by atoms with Gasteiger partial charge in [-0.3, -0.25) is 0 Å². The molecule has 1 aromatic rings. The second-order valence-corrected chi connectivity index (χ2v) is 4.30. The number of nitrogens with two attached hydrogens (primary N) is 1. The summed E-state index contributed by atoms with van der Waals surface area (Å²) in [6.07, 6.45) is 2.76. The lowest BCUT2D eigenvalue weighted by Gasteiger charge is -2.14. The van der Waals surface area contributed by atoms with Crippen LogP contribution in [-0.2, 0) is 4.74 Å². The third-order valence-corrected chi connectivity index (χ3v) is 2.83. The van der Waals surface area contributed by atoms with Crippen molar-refractivity contribution in [1.82, 2.24) is 0 Å². The molecule has 0 saturated heterocycles. The molecular weight excluding hydrogens is 261 g/mol.